The number of aryl methyl sites for hydroxylation is 2. The molecule has 0 saturated heterocycles. The van der Waals surface area contributed by atoms with E-state index in [1.54, 1.807) is 64.0 Å². The number of ether oxygens (including phenoxy) is 20. The first-order valence-corrected chi connectivity index (χ1v) is 47.2. The summed E-state index contributed by atoms with van der Waals surface area (Å²) in [7, 11) is 14.5. The van der Waals surface area contributed by atoms with Gasteiger partial charge in [0, 0.05) is 68.0 Å². The zero-order chi connectivity index (χ0) is 104. The summed E-state index contributed by atoms with van der Waals surface area (Å²) in [6, 6.07) is 47.9. The van der Waals surface area contributed by atoms with E-state index in [0.717, 1.165) is 132 Å². The molecule has 0 spiro atoms. The summed E-state index contributed by atoms with van der Waals surface area (Å²) < 4.78 is 106. The third-order valence-corrected chi connectivity index (χ3v) is 20.5. The summed E-state index contributed by atoms with van der Waals surface area (Å²) in [5.41, 5.74) is 21.9. The van der Waals surface area contributed by atoms with Crippen LogP contribution in [-0.2, 0) is 61.6 Å². The second-order valence-corrected chi connectivity index (χ2v) is 36.1. The van der Waals surface area contributed by atoms with E-state index in [-0.39, 0.29) is 63.3 Å². The van der Waals surface area contributed by atoms with Crippen LogP contribution >= 0.6 is 0 Å². The molecule has 0 saturated carbocycles. The second-order valence-electron chi connectivity index (χ2n) is 36.1. The fourth-order valence-corrected chi connectivity index (χ4v) is 12.6. The molecule has 0 fully saturated rings. The SMILES string of the molecule is C=C(C)c1ccc(OCOC)c(C(C)(C)C)c1.C=C(C)c1ccc(OCOC)c(C(C)(C)CC)c1.C=C(C)c1ccc(OCOC)c(CCCCC)c1.C=C(C)c1ccc(OCOC)c(CCCCCC)c1.C=C(C)c1ccc(OCOC)c(OC(C)(C)C)c1.C=C(C)c1ccc(OCOC)c(OC(C)C)c1.C=C(C)c1ccc(OCOC)c(OC)c1.C=C(C)c1ccc(OCOC)c(OCC)c1. The number of rotatable bonds is 49. The highest BCUT2D eigenvalue weighted by Crippen LogP contribution is 2.40. The van der Waals surface area contributed by atoms with E-state index in [9.17, 15) is 0 Å². The van der Waals surface area contributed by atoms with Gasteiger partial charge in [0.25, 0.3) is 0 Å². The molecule has 0 N–H and O–H groups in total. The lowest BCUT2D eigenvalue weighted by Gasteiger charge is -2.26. The van der Waals surface area contributed by atoms with E-state index in [1.165, 1.54) is 78.3 Å². The molecule has 0 radical (unpaired) electrons. The maximum atomic E-state index is 5.90. The maximum absolute atomic E-state index is 5.90. The quantitative estimate of drug-likeness (QED) is 0.0259. The van der Waals surface area contributed by atoms with Crippen LogP contribution in [0.5, 0.6) is 69.0 Å². The van der Waals surface area contributed by atoms with Crippen molar-refractivity contribution in [2.24, 2.45) is 0 Å². The Labute approximate surface area is 832 Å². The molecule has 8 aromatic carbocycles. The number of methoxy groups -OCH3 is 9. The number of benzene rings is 8. The van der Waals surface area contributed by atoms with Crippen molar-refractivity contribution < 1.29 is 94.7 Å². The van der Waals surface area contributed by atoms with Crippen LogP contribution < -0.4 is 56.8 Å². The summed E-state index contributed by atoms with van der Waals surface area (Å²) in [6.07, 6.45) is 12.0. The van der Waals surface area contributed by atoms with Crippen molar-refractivity contribution >= 4 is 44.6 Å². The van der Waals surface area contributed by atoms with Gasteiger partial charge in [0.2, 0.25) is 0 Å². The first kappa shape index (κ1) is 125. The van der Waals surface area contributed by atoms with Crippen LogP contribution in [0.1, 0.15) is 270 Å². The van der Waals surface area contributed by atoms with Gasteiger partial charge in [-0.15, -0.1) is 0 Å². The molecule has 0 heterocycles. The molecular weight excluding hydrogens is 1740 g/mol. The molecule has 0 aliphatic carbocycles. The minimum absolute atomic E-state index is 0.0362. The first-order chi connectivity index (χ1) is 65.4. The van der Waals surface area contributed by atoms with E-state index in [2.05, 4.69) is 144 Å². The third kappa shape index (κ3) is 49.5. The molecule has 0 aromatic heterocycles. The van der Waals surface area contributed by atoms with Gasteiger partial charge < -0.3 is 94.7 Å². The summed E-state index contributed by atoms with van der Waals surface area (Å²) in [4.78, 5) is 0. The van der Waals surface area contributed by atoms with Crippen molar-refractivity contribution in [2.45, 2.75) is 239 Å². The van der Waals surface area contributed by atoms with Crippen LogP contribution in [0, 0.1) is 0 Å². The van der Waals surface area contributed by atoms with Gasteiger partial charge >= 0.3 is 0 Å². The molecule has 0 bridgehead atoms. The Morgan fingerprint density at radius 2 is 0.522 bits per heavy atom. The molecule has 0 aliphatic heterocycles. The predicted octanol–water partition coefficient (Wildman–Crippen LogP) is 30.8. The summed E-state index contributed by atoms with van der Waals surface area (Å²) in [6.45, 7) is 79.6. The largest absolute Gasteiger partial charge is 0.493 e. The lowest BCUT2D eigenvalue weighted by Crippen LogP contribution is -2.23. The van der Waals surface area contributed by atoms with Crippen LogP contribution in [0.15, 0.2) is 198 Å². The molecule has 0 unspecified atom stereocenters. The normalized spacial score (nSPS) is 10.6. The third-order valence-electron chi connectivity index (χ3n) is 20.5. The average molecular weight is 1910 g/mol. The van der Waals surface area contributed by atoms with Gasteiger partial charge in [-0.2, -0.15) is 0 Å². The van der Waals surface area contributed by atoms with Gasteiger partial charge in [-0.25, -0.2) is 0 Å². The predicted molar refractivity (Wildman–Crippen MR) is 576 cm³/mol. The molecular formula is C118H172O20. The van der Waals surface area contributed by atoms with Crippen LogP contribution in [0.2, 0.25) is 0 Å². The van der Waals surface area contributed by atoms with Crippen molar-refractivity contribution in [1.29, 1.82) is 0 Å². The lowest BCUT2D eigenvalue weighted by atomic mass is 9.80. The smallest absolute Gasteiger partial charge is 0.188 e. The molecule has 0 aliphatic rings. The Bertz CT molecular complexity index is 4940. The van der Waals surface area contributed by atoms with Gasteiger partial charge in [-0.3, -0.25) is 0 Å². The highest BCUT2D eigenvalue weighted by molar-refractivity contribution is 5.70. The minimum Gasteiger partial charge on any atom is -0.493 e. The van der Waals surface area contributed by atoms with Crippen molar-refractivity contribution in [1.82, 2.24) is 0 Å². The number of hydrogen-bond donors (Lipinski definition) is 0. The van der Waals surface area contributed by atoms with Crippen molar-refractivity contribution in [2.75, 3.05) is 125 Å². The van der Waals surface area contributed by atoms with E-state index in [4.69, 9.17) is 94.7 Å². The summed E-state index contributed by atoms with van der Waals surface area (Å²) >= 11 is 0. The van der Waals surface area contributed by atoms with Gasteiger partial charge in [0.1, 0.15) is 28.6 Å². The fourth-order valence-electron chi connectivity index (χ4n) is 12.6. The number of unbranched alkanes of at least 4 members (excludes halogenated alkanes) is 5. The molecule has 20 heteroatoms. The monoisotopic (exact) mass is 1910 g/mol. The Kier molecular flexibility index (Phi) is 62.4. The Morgan fingerprint density at radius 3 is 0.826 bits per heavy atom. The van der Waals surface area contributed by atoms with Crippen molar-refractivity contribution in [3.63, 3.8) is 0 Å². The van der Waals surface area contributed by atoms with Crippen LogP contribution in [0.3, 0.4) is 0 Å². The lowest BCUT2D eigenvalue weighted by molar-refractivity contribution is 0.0440. The zero-order valence-electron chi connectivity index (χ0n) is 90.2. The Hall–Kier alpha value is -11.0. The van der Waals surface area contributed by atoms with Gasteiger partial charge in [0.15, 0.2) is 100 Å². The van der Waals surface area contributed by atoms with Crippen LogP contribution in [-0.4, -0.2) is 137 Å². The van der Waals surface area contributed by atoms with E-state index >= 15 is 0 Å². The van der Waals surface area contributed by atoms with Crippen LogP contribution in [0.25, 0.3) is 44.6 Å². The summed E-state index contributed by atoms with van der Waals surface area (Å²) in [5, 5.41) is 0. The van der Waals surface area contributed by atoms with Gasteiger partial charge in [0.05, 0.1) is 19.8 Å². The first-order valence-electron chi connectivity index (χ1n) is 47.2. The van der Waals surface area contributed by atoms with Gasteiger partial charge in [-0.05, 0) is 293 Å². The van der Waals surface area contributed by atoms with Crippen molar-refractivity contribution in [3.05, 3.63) is 265 Å². The van der Waals surface area contributed by atoms with E-state index in [0.29, 0.717) is 54.7 Å². The number of allylic oxidation sites excluding steroid dienone is 8. The van der Waals surface area contributed by atoms with Crippen molar-refractivity contribution in [3.8, 4) is 69.0 Å². The Balaban J connectivity index is 0.000000789. The second kappa shape index (κ2) is 68.9. The highest BCUT2D eigenvalue weighted by atomic mass is 16.7. The standard InChI is InChI=1S/C17H26O2.2C16H24O2.C15H22O3.C15H22O2.C14H20O3.C13H18O3.C12H16O3/c1-5-6-7-8-9-16-12-15(14(2)3)10-11-17(16)19-13-18-4;1-7-16(4,5)14-10-13(12(2)3)8-9-15(14)18-11-17-6;1-5-6-7-8-15-11-14(13(2)3)9-10-16(15)18-12-17-4;1-11(2)12-7-8-13(17-10-16-6)14(9-12)18-15(3,4)5;1-11(2)12-7-8-14(17-10-16-6)13(9-12)15(3,4)5;1-10(2)12-6-7-13(16-9-15-5)14(8-12)17-11(3)4;1-5-15-13-8-11(10(2)3)6-7-12(13)16-9-14-4;1-9(2)10-5-6-11(15-8-13-3)12(7-10)14-4/h10-12H,2,5-9,13H2,1,3-4H3;8-10H,2,7,11H2,1,3-6H3;9-11H,2,5-8,12H2,1,3-4H3;7-9H,1,10H2,2-6H3;7-9H,1,10H2,2-6H3;6-8,11H,1,9H2,2-5H3;6-8H,2,5,9H2,1,3-4H3;5-7H,1,8H2,2-4H3. The molecule has 8 rings (SSSR count). The maximum Gasteiger partial charge on any atom is 0.188 e. The molecule has 0 amide bonds. The molecule has 20 nitrogen and oxygen atoms in total. The van der Waals surface area contributed by atoms with E-state index < -0.39 is 0 Å². The molecule has 0 atom stereocenters. The van der Waals surface area contributed by atoms with Crippen LogP contribution in [0.4, 0.5) is 0 Å². The average Bonchev–Trinajstić information content (AvgIpc) is 0.828. The zero-order valence-corrected chi connectivity index (χ0v) is 90.2. The topological polar surface area (TPSA) is 185 Å². The number of hydrogen-bond acceptors (Lipinski definition) is 20. The molecule has 138 heavy (non-hydrogen) atoms. The molecule has 8 aromatic rings. The highest BCUT2D eigenvalue weighted by Gasteiger charge is 2.25. The minimum atomic E-state index is -0.279. The molecule has 764 valence electrons. The fraction of sp³-hybridized carbons (Fsp3) is 0.458. The Morgan fingerprint density at radius 1 is 0.268 bits per heavy atom. The van der Waals surface area contributed by atoms with E-state index in [1.807, 2.05) is 206 Å². The summed E-state index contributed by atoms with van der Waals surface area (Å²) in [5.74, 6) is 9.20. The van der Waals surface area contributed by atoms with Gasteiger partial charge in [-0.1, -0.05) is 233 Å².